The molecule has 0 saturated heterocycles. The quantitative estimate of drug-likeness (QED) is 0.568. The van der Waals surface area contributed by atoms with E-state index in [1.807, 2.05) is 19.1 Å². The number of primary sulfonamides is 1. The van der Waals surface area contributed by atoms with Gasteiger partial charge < -0.3 is 10.1 Å². The molecule has 0 radical (unpaired) electrons. The lowest BCUT2D eigenvalue weighted by Crippen LogP contribution is -2.25. The molecular weight excluding hydrogens is 414 g/mol. The van der Waals surface area contributed by atoms with Crippen molar-refractivity contribution in [3.05, 3.63) is 47.7 Å². The molecule has 160 valence electrons. The summed E-state index contributed by atoms with van der Waals surface area (Å²) in [5.74, 6) is 6.64. The van der Waals surface area contributed by atoms with Gasteiger partial charge in [-0.3, -0.25) is 0 Å². The van der Waals surface area contributed by atoms with E-state index < -0.39 is 10.0 Å². The fourth-order valence-electron chi connectivity index (χ4n) is 3.20. The minimum atomic E-state index is -3.73. The Hall–Kier alpha value is -3.22. The number of anilines is 1. The van der Waals surface area contributed by atoms with Crippen molar-refractivity contribution in [1.82, 2.24) is 15.0 Å². The Morgan fingerprint density at radius 3 is 2.48 bits per heavy atom. The first-order valence-corrected chi connectivity index (χ1v) is 11.6. The topological polar surface area (TPSA) is 120 Å². The average Bonchev–Trinajstić information content (AvgIpc) is 2.70. The van der Waals surface area contributed by atoms with E-state index in [2.05, 4.69) is 32.1 Å². The van der Waals surface area contributed by atoms with Gasteiger partial charge in [0.15, 0.2) is 5.52 Å². The highest BCUT2D eigenvalue weighted by Crippen LogP contribution is 2.30. The van der Waals surface area contributed by atoms with Crippen LogP contribution >= 0.6 is 0 Å². The van der Waals surface area contributed by atoms with Gasteiger partial charge in [0.05, 0.1) is 16.5 Å². The van der Waals surface area contributed by atoms with Gasteiger partial charge in [-0.15, -0.1) is 0 Å². The molecule has 2 heterocycles. The first-order chi connectivity index (χ1) is 14.8. The van der Waals surface area contributed by atoms with Gasteiger partial charge >= 0.3 is 0 Å². The first-order valence-electron chi connectivity index (χ1n) is 10.0. The normalized spacial score (nSPS) is 14.9. The largest absolute Gasteiger partial charge is 0.473 e. The number of sulfonamides is 1. The Kier molecular flexibility index (Phi) is 5.76. The van der Waals surface area contributed by atoms with E-state index >= 15 is 0 Å². The standard InChI is InChI=1S/C22H23N5O3S/c1-3-5-16-10-13-19-20(25-16)21(30-17-6-4-7-17)27-22(26-19)24-14(2)15-8-11-18(12-9-15)31(23,28)29/h8-14,17H,4,6-7H2,1-2H3,(H2,23,28,29)(H,24,26,27). The van der Waals surface area contributed by atoms with Crippen LogP contribution in [0.3, 0.4) is 0 Å². The minimum Gasteiger partial charge on any atom is -0.473 e. The fraction of sp³-hybridized carbons (Fsp3) is 0.318. The van der Waals surface area contributed by atoms with Gasteiger partial charge in [-0.1, -0.05) is 18.1 Å². The molecule has 1 unspecified atom stereocenters. The predicted molar refractivity (Wildman–Crippen MR) is 118 cm³/mol. The third-order valence-electron chi connectivity index (χ3n) is 5.15. The third-order valence-corrected chi connectivity index (χ3v) is 6.08. The molecule has 3 aromatic rings. The summed E-state index contributed by atoms with van der Waals surface area (Å²) in [6, 6.07) is 9.88. The Balaban J connectivity index is 1.64. The number of hydrogen-bond donors (Lipinski definition) is 2. The van der Waals surface area contributed by atoms with Gasteiger partial charge in [0, 0.05) is 0 Å². The van der Waals surface area contributed by atoms with Gasteiger partial charge in [-0.25, -0.2) is 23.5 Å². The van der Waals surface area contributed by atoms with E-state index in [1.165, 1.54) is 12.1 Å². The molecule has 1 saturated carbocycles. The average molecular weight is 438 g/mol. The highest BCUT2D eigenvalue weighted by atomic mass is 32.2. The summed E-state index contributed by atoms with van der Waals surface area (Å²) in [5.41, 5.74) is 2.75. The van der Waals surface area contributed by atoms with Crippen molar-refractivity contribution in [2.45, 2.75) is 50.2 Å². The van der Waals surface area contributed by atoms with Crippen molar-refractivity contribution < 1.29 is 13.2 Å². The van der Waals surface area contributed by atoms with E-state index in [9.17, 15) is 8.42 Å². The van der Waals surface area contributed by atoms with Gasteiger partial charge in [0.25, 0.3) is 0 Å². The SMILES string of the molecule is CC#Cc1ccc2nc(NC(C)c3ccc(S(N)(=O)=O)cc3)nc(OC3CCC3)c2n1. The number of nitrogens with one attached hydrogen (secondary N) is 1. The number of nitrogens with two attached hydrogens (primary N) is 1. The monoisotopic (exact) mass is 437 g/mol. The van der Waals surface area contributed by atoms with Crippen LogP contribution in [0.2, 0.25) is 0 Å². The molecule has 8 nitrogen and oxygen atoms in total. The zero-order valence-corrected chi connectivity index (χ0v) is 18.1. The lowest BCUT2D eigenvalue weighted by atomic mass is 9.96. The predicted octanol–water partition coefficient (Wildman–Crippen LogP) is 3.15. The van der Waals surface area contributed by atoms with E-state index in [0.29, 0.717) is 28.6 Å². The van der Waals surface area contributed by atoms with E-state index in [0.717, 1.165) is 24.8 Å². The van der Waals surface area contributed by atoms with Gasteiger partial charge in [0.2, 0.25) is 21.9 Å². The molecule has 1 aliphatic carbocycles. The number of fused-ring (bicyclic) bond motifs is 1. The van der Waals surface area contributed by atoms with E-state index in [1.54, 1.807) is 19.1 Å². The molecule has 0 aliphatic heterocycles. The van der Waals surface area contributed by atoms with Crippen LogP contribution in [0.4, 0.5) is 5.95 Å². The molecule has 2 aromatic heterocycles. The minimum absolute atomic E-state index is 0.0682. The number of aromatic nitrogens is 3. The van der Waals surface area contributed by atoms with Crippen molar-refractivity contribution in [2.75, 3.05) is 5.32 Å². The molecule has 1 atom stereocenters. The Morgan fingerprint density at radius 2 is 1.87 bits per heavy atom. The lowest BCUT2D eigenvalue weighted by Gasteiger charge is -2.26. The first kappa shape index (κ1) is 21.0. The van der Waals surface area contributed by atoms with Crippen molar-refractivity contribution in [2.24, 2.45) is 5.14 Å². The highest BCUT2D eigenvalue weighted by Gasteiger charge is 2.22. The van der Waals surface area contributed by atoms with Gasteiger partial charge in [-0.05, 0) is 68.9 Å². The number of ether oxygens (including phenoxy) is 1. The summed E-state index contributed by atoms with van der Waals surface area (Å²) >= 11 is 0. The number of nitrogens with zero attached hydrogens (tertiary/aromatic N) is 3. The summed E-state index contributed by atoms with van der Waals surface area (Å²) in [4.78, 5) is 13.8. The maximum atomic E-state index is 11.5. The van der Waals surface area contributed by atoms with Gasteiger partial charge in [0.1, 0.15) is 11.8 Å². The smallest absolute Gasteiger partial charge is 0.245 e. The maximum absolute atomic E-state index is 11.5. The van der Waals surface area contributed by atoms with E-state index in [4.69, 9.17) is 9.88 Å². The van der Waals surface area contributed by atoms with Gasteiger partial charge in [-0.2, -0.15) is 4.98 Å². The number of benzene rings is 1. The molecule has 9 heteroatoms. The van der Waals surface area contributed by atoms with Crippen molar-refractivity contribution in [3.63, 3.8) is 0 Å². The van der Waals surface area contributed by atoms with E-state index in [-0.39, 0.29) is 17.0 Å². The zero-order valence-electron chi connectivity index (χ0n) is 17.3. The van der Waals surface area contributed by atoms with Crippen LogP contribution in [-0.2, 0) is 10.0 Å². The summed E-state index contributed by atoms with van der Waals surface area (Å²) in [6.07, 6.45) is 3.27. The Bertz CT molecular complexity index is 1280. The lowest BCUT2D eigenvalue weighted by molar-refractivity contribution is 0.116. The Labute approximate surface area is 181 Å². The van der Waals surface area contributed by atoms with Crippen molar-refractivity contribution in [3.8, 4) is 17.7 Å². The van der Waals surface area contributed by atoms with Crippen molar-refractivity contribution in [1.29, 1.82) is 0 Å². The molecule has 0 bridgehead atoms. The number of rotatable bonds is 6. The van der Waals surface area contributed by atoms with Crippen LogP contribution < -0.4 is 15.2 Å². The van der Waals surface area contributed by atoms with Crippen LogP contribution in [0.5, 0.6) is 5.88 Å². The van der Waals surface area contributed by atoms with Crippen LogP contribution in [0.25, 0.3) is 11.0 Å². The number of hydrogen-bond acceptors (Lipinski definition) is 7. The summed E-state index contributed by atoms with van der Waals surface area (Å²) in [7, 11) is -3.73. The van der Waals surface area contributed by atoms with Crippen LogP contribution in [0, 0.1) is 11.8 Å². The van der Waals surface area contributed by atoms with Crippen LogP contribution in [0.15, 0.2) is 41.3 Å². The second-order valence-electron chi connectivity index (χ2n) is 7.44. The molecule has 0 spiro atoms. The summed E-state index contributed by atoms with van der Waals surface area (Å²) in [5, 5.41) is 8.43. The molecule has 0 amide bonds. The molecule has 1 aliphatic rings. The maximum Gasteiger partial charge on any atom is 0.245 e. The van der Waals surface area contributed by atoms with Crippen LogP contribution in [0.1, 0.15) is 50.4 Å². The fourth-order valence-corrected chi connectivity index (χ4v) is 3.72. The molecule has 31 heavy (non-hydrogen) atoms. The molecule has 4 rings (SSSR count). The highest BCUT2D eigenvalue weighted by molar-refractivity contribution is 7.89. The molecule has 1 aromatic carbocycles. The van der Waals surface area contributed by atoms with Crippen LogP contribution in [-0.4, -0.2) is 29.5 Å². The number of pyridine rings is 1. The summed E-state index contributed by atoms with van der Waals surface area (Å²) < 4.78 is 29.0. The molecule has 3 N–H and O–H groups in total. The third kappa shape index (κ3) is 4.76. The zero-order chi connectivity index (χ0) is 22.0. The molecule has 1 fully saturated rings. The second kappa shape index (κ2) is 8.49. The summed E-state index contributed by atoms with van der Waals surface area (Å²) in [6.45, 7) is 3.70. The molecular formula is C22H23N5O3S. The Morgan fingerprint density at radius 1 is 1.13 bits per heavy atom. The second-order valence-corrected chi connectivity index (χ2v) is 9.00. The van der Waals surface area contributed by atoms with Crippen molar-refractivity contribution >= 4 is 27.0 Å².